The highest BCUT2D eigenvalue weighted by Gasteiger charge is 2.23. The Morgan fingerprint density at radius 3 is 2.67 bits per heavy atom. The molecule has 1 heterocycles. The second kappa shape index (κ2) is 6.80. The normalized spacial score (nSPS) is 20.9. The predicted molar refractivity (Wildman–Crippen MR) is 59.3 cm³/mol. The molecule has 0 saturated carbocycles. The van der Waals surface area contributed by atoms with E-state index in [4.69, 9.17) is 5.73 Å². The smallest absolute Gasteiger partial charge is 0.222 e. The molecule has 4 nitrogen and oxygen atoms in total. The summed E-state index contributed by atoms with van der Waals surface area (Å²) >= 11 is 0. The molecule has 1 amide bonds. The third-order valence-electron chi connectivity index (χ3n) is 2.86. The zero-order valence-corrected chi connectivity index (χ0v) is 9.32. The maximum atomic E-state index is 11.6. The van der Waals surface area contributed by atoms with Crippen LogP contribution in [0.25, 0.3) is 0 Å². The Morgan fingerprint density at radius 2 is 2.07 bits per heavy atom. The highest BCUT2D eigenvalue weighted by Crippen LogP contribution is 2.12. The molecule has 0 aromatic heterocycles. The van der Waals surface area contributed by atoms with Crippen molar-refractivity contribution < 1.29 is 9.90 Å². The van der Waals surface area contributed by atoms with Gasteiger partial charge in [-0.3, -0.25) is 4.79 Å². The number of aliphatic hydroxyl groups excluding tert-OH is 1. The summed E-state index contributed by atoms with van der Waals surface area (Å²) in [5.74, 6) is 0.194. The molecule has 0 spiro atoms. The van der Waals surface area contributed by atoms with Gasteiger partial charge in [0, 0.05) is 19.5 Å². The Morgan fingerprint density at radius 1 is 1.33 bits per heavy atom. The molecular formula is C11H22N2O2. The SMILES string of the molecule is NCCCCCCC(=O)N1CC[C@H](O)C1. The lowest BCUT2D eigenvalue weighted by atomic mass is 10.1. The van der Waals surface area contributed by atoms with E-state index in [1.54, 1.807) is 4.90 Å². The molecule has 4 heteroatoms. The summed E-state index contributed by atoms with van der Waals surface area (Å²) in [4.78, 5) is 13.4. The lowest BCUT2D eigenvalue weighted by Crippen LogP contribution is -2.29. The molecule has 0 aliphatic carbocycles. The molecule has 1 atom stereocenters. The van der Waals surface area contributed by atoms with Crippen molar-refractivity contribution in [3.05, 3.63) is 0 Å². The maximum absolute atomic E-state index is 11.6. The summed E-state index contributed by atoms with van der Waals surface area (Å²) in [5, 5.41) is 9.28. The van der Waals surface area contributed by atoms with Crippen molar-refractivity contribution in [3.63, 3.8) is 0 Å². The van der Waals surface area contributed by atoms with Crippen molar-refractivity contribution in [1.29, 1.82) is 0 Å². The monoisotopic (exact) mass is 214 g/mol. The first-order valence-electron chi connectivity index (χ1n) is 5.90. The average Bonchev–Trinajstić information content (AvgIpc) is 2.64. The molecule has 0 radical (unpaired) electrons. The minimum atomic E-state index is -0.300. The van der Waals surface area contributed by atoms with Crippen LogP contribution in [0.15, 0.2) is 0 Å². The topological polar surface area (TPSA) is 66.6 Å². The van der Waals surface area contributed by atoms with Gasteiger partial charge in [-0.05, 0) is 25.8 Å². The first-order chi connectivity index (χ1) is 7.24. The molecule has 3 N–H and O–H groups in total. The van der Waals surface area contributed by atoms with Gasteiger partial charge in [-0.15, -0.1) is 0 Å². The Hall–Kier alpha value is -0.610. The zero-order chi connectivity index (χ0) is 11.1. The van der Waals surface area contributed by atoms with Gasteiger partial charge in [0.05, 0.1) is 6.10 Å². The van der Waals surface area contributed by atoms with Crippen molar-refractivity contribution >= 4 is 5.91 Å². The van der Waals surface area contributed by atoms with Crippen molar-refractivity contribution in [1.82, 2.24) is 4.90 Å². The lowest BCUT2D eigenvalue weighted by molar-refractivity contribution is -0.130. The van der Waals surface area contributed by atoms with E-state index in [2.05, 4.69) is 0 Å². The predicted octanol–water partition coefficient (Wildman–Crippen LogP) is 0.489. The van der Waals surface area contributed by atoms with Crippen LogP contribution in [-0.4, -0.2) is 41.7 Å². The van der Waals surface area contributed by atoms with Gasteiger partial charge in [0.25, 0.3) is 0 Å². The molecule has 15 heavy (non-hydrogen) atoms. The fourth-order valence-electron chi connectivity index (χ4n) is 1.90. The highest BCUT2D eigenvalue weighted by molar-refractivity contribution is 5.76. The Balaban J connectivity index is 2.03. The number of nitrogens with zero attached hydrogens (tertiary/aromatic N) is 1. The van der Waals surface area contributed by atoms with E-state index in [0.717, 1.165) is 45.2 Å². The van der Waals surface area contributed by atoms with Crippen LogP contribution in [0.4, 0.5) is 0 Å². The second-order valence-corrected chi connectivity index (χ2v) is 4.24. The van der Waals surface area contributed by atoms with Crippen molar-refractivity contribution in [2.24, 2.45) is 5.73 Å². The van der Waals surface area contributed by atoms with E-state index in [-0.39, 0.29) is 12.0 Å². The van der Waals surface area contributed by atoms with Gasteiger partial charge in [0.15, 0.2) is 0 Å². The van der Waals surface area contributed by atoms with Gasteiger partial charge in [-0.2, -0.15) is 0 Å². The fourth-order valence-corrected chi connectivity index (χ4v) is 1.90. The zero-order valence-electron chi connectivity index (χ0n) is 9.32. The van der Waals surface area contributed by atoms with E-state index in [0.29, 0.717) is 13.0 Å². The third kappa shape index (κ3) is 4.62. The first-order valence-corrected chi connectivity index (χ1v) is 5.90. The number of unbranched alkanes of at least 4 members (excludes halogenated alkanes) is 3. The number of hydrogen-bond acceptors (Lipinski definition) is 3. The van der Waals surface area contributed by atoms with Crippen LogP contribution in [0, 0.1) is 0 Å². The quantitative estimate of drug-likeness (QED) is 0.632. The molecule has 1 aliphatic rings. The third-order valence-corrected chi connectivity index (χ3v) is 2.86. The van der Waals surface area contributed by atoms with E-state index in [1.165, 1.54) is 0 Å². The molecule has 1 aliphatic heterocycles. The van der Waals surface area contributed by atoms with Crippen LogP contribution in [0.1, 0.15) is 38.5 Å². The van der Waals surface area contributed by atoms with E-state index >= 15 is 0 Å². The molecule has 1 rings (SSSR count). The Labute approximate surface area is 91.4 Å². The number of amides is 1. The molecule has 0 unspecified atom stereocenters. The first kappa shape index (κ1) is 12.5. The summed E-state index contributed by atoms with van der Waals surface area (Å²) in [6, 6.07) is 0. The van der Waals surface area contributed by atoms with Crippen molar-refractivity contribution in [2.45, 2.75) is 44.6 Å². The van der Waals surface area contributed by atoms with Gasteiger partial charge in [-0.1, -0.05) is 12.8 Å². The molecular weight excluding hydrogens is 192 g/mol. The van der Waals surface area contributed by atoms with Crippen LogP contribution >= 0.6 is 0 Å². The summed E-state index contributed by atoms with van der Waals surface area (Å²) in [5.41, 5.74) is 5.38. The summed E-state index contributed by atoms with van der Waals surface area (Å²) in [6.45, 7) is 2.00. The standard InChI is InChI=1S/C11H22N2O2/c12-7-4-2-1-3-5-11(15)13-8-6-10(14)9-13/h10,14H,1-9,12H2/t10-/m0/s1. The highest BCUT2D eigenvalue weighted by atomic mass is 16.3. The van der Waals surface area contributed by atoms with Gasteiger partial charge in [0.2, 0.25) is 5.91 Å². The fraction of sp³-hybridized carbons (Fsp3) is 0.909. The minimum absolute atomic E-state index is 0.194. The molecule has 0 aromatic rings. The van der Waals surface area contributed by atoms with Crippen LogP contribution in [0.5, 0.6) is 0 Å². The van der Waals surface area contributed by atoms with E-state index in [1.807, 2.05) is 0 Å². The van der Waals surface area contributed by atoms with Gasteiger partial charge < -0.3 is 15.7 Å². The van der Waals surface area contributed by atoms with Crippen molar-refractivity contribution in [3.8, 4) is 0 Å². The largest absolute Gasteiger partial charge is 0.391 e. The number of carbonyl (C=O) groups is 1. The Bertz CT molecular complexity index is 197. The minimum Gasteiger partial charge on any atom is -0.391 e. The van der Waals surface area contributed by atoms with Crippen LogP contribution in [-0.2, 0) is 4.79 Å². The maximum Gasteiger partial charge on any atom is 0.222 e. The van der Waals surface area contributed by atoms with Crippen molar-refractivity contribution in [2.75, 3.05) is 19.6 Å². The van der Waals surface area contributed by atoms with Gasteiger partial charge in [0.1, 0.15) is 0 Å². The number of rotatable bonds is 6. The number of carbonyl (C=O) groups excluding carboxylic acids is 1. The number of likely N-dealkylation sites (tertiary alicyclic amines) is 1. The van der Waals surface area contributed by atoms with Gasteiger partial charge in [-0.25, -0.2) is 0 Å². The summed E-state index contributed by atoms with van der Waals surface area (Å²) < 4.78 is 0. The van der Waals surface area contributed by atoms with Crippen LogP contribution < -0.4 is 5.73 Å². The molecule has 1 fully saturated rings. The van der Waals surface area contributed by atoms with Crippen LogP contribution in [0.3, 0.4) is 0 Å². The Kier molecular flexibility index (Phi) is 5.65. The number of nitrogens with two attached hydrogens (primary N) is 1. The number of hydrogen-bond donors (Lipinski definition) is 2. The molecule has 0 aromatic carbocycles. The van der Waals surface area contributed by atoms with E-state index in [9.17, 15) is 9.90 Å². The number of aliphatic hydroxyl groups is 1. The number of β-amino-alcohol motifs (C(OH)–C–C–N with tert-alkyl or cyclic N) is 1. The summed E-state index contributed by atoms with van der Waals surface area (Å²) in [6.07, 6.45) is 5.26. The molecule has 1 saturated heterocycles. The second-order valence-electron chi connectivity index (χ2n) is 4.24. The molecule has 0 bridgehead atoms. The lowest BCUT2D eigenvalue weighted by Gasteiger charge is -2.15. The van der Waals surface area contributed by atoms with Crippen LogP contribution in [0.2, 0.25) is 0 Å². The van der Waals surface area contributed by atoms with Gasteiger partial charge >= 0.3 is 0 Å². The molecule has 88 valence electrons. The summed E-state index contributed by atoms with van der Waals surface area (Å²) in [7, 11) is 0. The van der Waals surface area contributed by atoms with E-state index < -0.39 is 0 Å². The average molecular weight is 214 g/mol.